The molecular weight excluding hydrogens is 300 g/mol. The Bertz CT molecular complexity index is 520. The van der Waals surface area contributed by atoms with E-state index in [0.717, 1.165) is 5.56 Å². The monoisotopic (exact) mass is 326 g/mol. The Morgan fingerprint density at radius 1 is 1.30 bits per heavy atom. The predicted molar refractivity (Wildman–Crippen MR) is 85.9 cm³/mol. The first-order valence-electron chi connectivity index (χ1n) is 7.55. The van der Waals surface area contributed by atoms with E-state index in [0.29, 0.717) is 18.8 Å². The third-order valence-corrected chi connectivity index (χ3v) is 3.09. The van der Waals surface area contributed by atoms with Gasteiger partial charge in [0.2, 0.25) is 0 Å². The zero-order valence-corrected chi connectivity index (χ0v) is 14.3. The van der Waals surface area contributed by atoms with Crippen LogP contribution >= 0.6 is 0 Å². The summed E-state index contributed by atoms with van der Waals surface area (Å²) in [6.07, 6.45) is -1.37. The summed E-state index contributed by atoms with van der Waals surface area (Å²) in [5.41, 5.74) is 0.326. The molecule has 1 aromatic rings. The molecule has 0 spiro atoms. The summed E-state index contributed by atoms with van der Waals surface area (Å²) in [5, 5.41) is 19.4. The van der Waals surface area contributed by atoms with Gasteiger partial charge in [-0.3, -0.25) is 0 Å². The van der Waals surface area contributed by atoms with E-state index in [4.69, 9.17) is 14.2 Å². The Morgan fingerprint density at radius 3 is 2.43 bits per heavy atom. The SMILES string of the molecule is CCOC(O)C(Cc1ccc(OC)c(C(=O)O)c1)OC(C)(C)C. The Hall–Kier alpha value is -1.63. The molecule has 0 saturated carbocycles. The average Bonchev–Trinajstić information content (AvgIpc) is 2.45. The first-order chi connectivity index (χ1) is 10.7. The molecule has 1 aromatic carbocycles. The topological polar surface area (TPSA) is 85.2 Å². The van der Waals surface area contributed by atoms with E-state index in [1.54, 1.807) is 19.1 Å². The second-order valence-electron chi connectivity index (χ2n) is 6.16. The minimum absolute atomic E-state index is 0.0745. The smallest absolute Gasteiger partial charge is 0.339 e. The molecular formula is C17H26O6. The highest BCUT2D eigenvalue weighted by Gasteiger charge is 2.27. The fourth-order valence-corrected chi connectivity index (χ4v) is 2.21. The molecule has 23 heavy (non-hydrogen) atoms. The van der Waals surface area contributed by atoms with E-state index in [1.165, 1.54) is 13.2 Å². The van der Waals surface area contributed by atoms with Crippen LogP contribution in [0, 0.1) is 0 Å². The molecule has 0 aliphatic rings. The number of hydrogen-bond acceptors (Lipinski definition) is 5. The number of ether oxygens (including phenoxy) is 3. The second kappa shape index (κ2) is 8.29. The lowest BCUT2D eigenvalue weighted by molar-refractivity contribution is -0.203. The fraction of sp³-hybridized carbons (Fsp3) is 0.588. The number of aliphatic hydroxyl groups excluding tert-OH is 1. The molecule has 6 nitrogen and oxygen atoms in total. The molecule has 1 rings (SSSR count). The van der Waals surface area contributed by atoms with Crippen molar-refractivity contribution in [3.05, 3.63) is 29.3 Å². The summed E-state index contributed by atoms with van der Waals surface area (Å²) < 4.78 is 16.1. The van der Waals surface area contributed by atoms with Crippen molar-refractivity contribution in [2.75, 3.05) is 13.7 Å². The summed E-state index contributed by atoms with van der Waals surface area (Å²) in [5.74, 6) is -0.776. The van der Waals surface area contributed by atoms with Crippen LogP contribution in [0.2, 0.25) is 0 Å². The zero-order chi connectivity index (χ0) is 17.6. The summed E-state index contributed by atoms with van der Waals surface area (Å²) >= 11 is 0. The van der Waals surface area contributed by atoms with Crippen LogP contribution in [-0.4, -0.2) is 47.9 Å². The lowest BCUT2D eigenvalue weighted by Gasteiger charge is -2.30. The predicted octanol–water partition coefficient (Wildman–Crippen LogP) is 2.47. The van der Waals surface area contributed by atoms with Crippen molar-refractivity contribution in [3.8, 4) is 5.75 Å². The lowest BCUT2D eigenvalue weighted by Crippen LogP contribution is -2.39. The third kappa shape index (κ3) is 6.17. The minimum atomic E-state index is -1.09. The number of aromatic carboxylic acids is 1. The molecule has 0 fully saturated rings. The molecule has 0 aliphatic carbocycles. The van der Waals surface area contributed by atoms with E-state index in [9.17, 15) is 15.0 Å². The maximum absolute atomic E-state index is 11.3. The molecule has 0 heterocycles. The number of benzene rings is 1. The highest BCUT2D eigenvalue weighted by Crippen LogP contribution is 2.23. The second-order valence-corrected chi connectivity index (χ2v) is 6.16. The van der Waals surface area contributed by atoms with Crippen LogP contribution in [-0.2, 0) is 15.9 Å². The molecule has 0 bridgehead atoms. The Labute approximate surface area is 137 Å². The van der Waals surface area contributed by atoms with Gasteiger partial charge in [-0.1, -0.05) is 6.07 Å². The molecule has 2 N–H and O–H groups in total. The average molecular weight is 326 g/mol. The standard InChI is InChI=1S/C17H26O6/c1-6-22-16(20)14(23-17(2,3)4)10-11-7-8-13(21-5)12(9-11)15(18)19/h7-9,14,16,20H,6,10H2,1-5H3,(H,18,19). The van der Waals surface area contributed by atoms with Crippen molar-refractivity contribution in [1.29, 1.82) is 0 Å². The summed E-state index contributed by atoms with van der Waals surface area (Å²) in [7, 11) is 1.42. The molecule has 2 unspecified atom stereocenters. The van der Waals surface area contributed by atoms with E-state index >= 15 is 0 Å². The molecule has 0 aromatic heterocycles. The number of carboxylic acids is 1. The molecule has 0 saturated heterocycles. The van der Waals surface area contributed by atoms with Crippen LogP contribution in [0.4, 0.5) is 0 Å². The highest BCUT2D eigenvalue weighted by molar-refractivity contribution is 5.91. The van der Waals surface area contributed by atoms with Gasteiger partial charge in [-0.2, -0.15) is 0 Å². The number of methoxy groups -OCH3 is 1. The Morgan fingerprint density at radius 2 is 1.96 bits per heavy atom. The molecule has 2 atom stereocenters. The van der Waals surface area contributed by atoms with Crippen molar-refractivity contribution in [3.63, 3.8) is 0 Å². The van der Waals surface area contributed by atoms with Crippen LogP contribution in [0.15, 0.2) is 18.2 Å². The third-order valence-electron chi connectivity index (χ3n) is 3.09. The van der Waals surface area contributed by atoms with Gasteiger partial charge in [-0.15, -0.1) is 0 Å². The van der Waals surface area contributed by atoms with E-state index < -0.39 is 24.0 Å². The fourth-order valence-electron chi connectivity index (χ4n) is 2.21. The number of carbonyl (C=O) groups is 1. The van der Waals surface area contributed by atoms with Crippen molar-refractivity contribution in [1.82, 2.24) is 0 Å². The number of carboxylic acid groups (broad SMARTS) is 1. The van der Waals surface area contributed by atoms with Crippen LogP contribution in [0.25, 0.3) is 0 Å². The molecule has 0 radical (unpaired) electrons. The van der Waals surface area contributed by atoms with Crippen molar-refractivity contribution >= 4 is 5.97 Å². The Kier molecular flexibility index (Phi) is 7.00. The van der Waals surface area contributed by atoms with Crippen LogP contribution in [0.1, 0.15) is 43.6 Å². The van der Waals surface area contributed by atoms with Gasteiger partial charge in [-0.25, -0.2) is 4.79 Å². The van der Waals surface area contributed by atoms with Gasteiger partial charge < -0.3 is 24.4 Å². The maximum atomic E-state index is 11.3. The van der Waals surface area contributed by atoms with E-state index in [-0.39, 0.29) is 5.56 Å². The van der Waals surface area contributed by atoms with E-state index in [1.807, 2.05) is 20.8 Å². The van der Waals surface area contributed by atoms with Gasteiger partial charge in [0, 0.05) is 13.0 Å². The van der Waals surface area contributed by atoms with Crippen LogP contribution in [0.3, 0.4) is 0 Å². The normalized spacial score (nSPS) is 14.3. The van der Waals surface area contributed by atoms with Crippen molar-refractivity contribution in [2.45, 2.75) is 52.1 Å². The first-order valence-corrected chi connectivity index (χ1v) is 7.55. The van der Waals surface area contributed by atoms with Crippen molar-refractivity contribution in [2.24, 2.45) is 0 Å². The lowest BCUT2D eigenvalue weighted by atomic mass is 10.0. The molecule has 130 valence electrons. The minimum Gasteiger partial charge on any atom is -0.496 e. The Balaban J connectivity index is 3.02. The number of hydrogen-bond donors (Lipinski definition) is 2. The van der Waals surface area contributed by atoms with Gasteiger partial charge in [0.25, 0.3) is 0 Å². The van der Waals surface area contributed by atoms with E-state index in [2.05, 4.69) is 0 Å². The van der Waals surface area contributed by atoms with Gasteiger partial charge in [-0.05, 0) is 45.4 Å². The van der Waals surface area contributed by atoms with Crippen LogP contribution < -0.4 is 4.74 Å². The number of aliphatic hydroxyl groups is 1. The van der Waals surface area contributed by atoms with Gasteiger partial charge in [0.05, 0.1) is 12.7 Å². The van der Waals surface area contributed by atoms with Crippen molar-refractivity contribution < 1.29 is 29.2 Å². The van der Waals surface area contributed by atoms with Gasteiger partial charge in [0.15, 0.2) is 6.29 Å². The first kappa shape index (κ1) is 19.4. The number of rotatable bonds is 8. The van der Waals surface area contributed by atoms with Gasteiger partial charge >= 0.3 is 5.97 Å². The quantitative estimate of drug-likeness (QED) is 0.714. The van der Waals surface area contributed by atoms with Gasteiger partial charge in [0.1, 0.15) is 17.4 Å². The van der Waals surface area contributed by atoms with Crippen LogP contribution in [0.5, 0.6) is 5.75 Å². The largest absolute Gasteiger partial charge is 0.496 e. The summed E-state index contributed by atoms with van der Waals surface area (Å²) in [6.45, 7) is 7.79. The molecule has 0 amide bonds. The maximum Gasteiger partial charge on any atom is 0.339 e. The highest BCUT2D eigenvalue weighted by atomic mass is 16.6. The summed E-state index contributed by atoms with van der Waals surface area (Å²) in [4.78, 5) is 11.3. The zero-order valence-electron chi connectivity index (χ0n) is 14.3. The summed E-state index contributed by atoms with van der Waals surface area (Å²) in [6, 6.07) is 4.88. The molecule has 6 heteroatoms. The molecule has 0 aliphatic heterocycles.